The number of hydrogen-bond donors (Lipinski definition) is 2. The Hall–Kier alpha value is -3.22. The third kappa shape index (κ3) is 4.13. The first-order valence-corrected chi connectivity index (χ1v) is 9.86. The quantitative estimate of drug-likeness (QED) is 0.672. The predicted molar refractivity (Wildman–Crippen MR) is 112 cm³/mol. The molecule has 1 amide bonds. The van der Waals surface area contributed by atoms with E-state index in [2.05, 4.69) is 20.2 Å². The number of ether oxygens (including phenoxy) is 2. The van der Waals surface area contributed by atoms with Gasteiger partial charge in [-0.25, -0.2) is 4.98 Å². The van der Waals surface area contributed by atoms with Gasteiger partial charge >= 0.3 is 0 Å². The number of amides is 1. The lowest BCUT2D eigenvalue weighted by Crippen LogP contribution is -2.43. The second kappa shape index (κ2) is 8.43. The normalized spacial score (nSPS) is 16.6. The summed E-state index contributed by atoms with van der Waals surface area (Å²) in [6, 6.07) is 13.6. The fraction of sp³-hybridized carbons (Fsp3) is 0.364. The third-order valence-corrected chi connectivity index (χ3v) is 5.42. The number of nitrogens with zero attached hydrogens (tertiary/aromatic N) is 2. The Morgan fingerprint density at radius 2 is 2.10 bits per heavy atom. The van der Waals surface area contributed by atoms with Crippen LogP contribution in [0.3, 0.4) is 0 Å². The average Bonchev–Trinajstić information content (AvgIpc) is 3.22. The number of nitrogens with one attached hydrogen (secondary N) is 2. The van der Waals surface area contributed by atoms with Gasteiger partial charge in [-0.2, -0.15) is 0 Å². The zero-order valence-corrected chi connectivity index (χ0v) is 16.8. The molecular formula is C22H26N4O3. The number of carbonyl (C=O) groups excluding carboxylic acids is 1. The molecule has 0 saturated carbocycles. The highest BCUT2D eigenvalue weighted by Gasteiger charge is 2.27. The summed E-state index contributed by atoms with van der Waals surface area (Å²) in [5, 5.41) is 3.06. The van der Waals surface area contributed by atoms with E-state index >= 15 is 0 Å². The van der Waals surface area contributed by atoms with Gasteiger partial charge < -0.3 is 24.7 Å². The first kappa shape index (κ1) is 19.1. The third-order valence-electron chi connectivity index (χ3n) is 5.42. The largest absolute Gasteiger partial charge is 0.497 e. The van der Waals surface area contributed by atoms with Crippen LogP contribution in [0.4, 0.5) is 5.95 Å². The number of para-hydroxylation sites is 2. The summed E-state index contributed by atoms with van der Waals surface area (Å²) >= 11 is 0. The summed E-state index contributed by atoms with van der Waals surface area (Å²) in [7, 11) is 3.24. The van der Waals surface area contributed by atoms with E-state index in [0.717, 1.165) is 47.7 Å². The van der Waals surface area contributed by atoms with Crippen LogP contribution < -0.4 is 19.7 Å². The van der Waals surface area contributed by atoms with Crippen LogP contribution in [0.1, 0.15) is 18.4 Å². The van der Waals surface area contributed by atoms with Crippen molar-refractivity contribution in [2.45, 2.75) is 19.4 Å². The van der Waals surface area contributed by atoms with Crippen LogP contribution in [0.25, 0.3) is 11.0 Å². The maximum atomic E-state index is 12.8. The number of anilines is 1. The number of rotatable bonds is 6. The zero-order valence-electron chi connectivity index (χ0n) is 16.8. The van der Waals surface area contributed by atoms with E-state index in [1.165, 1.54) is 0 Å². The SMILES string of the molecule is COc1ccc(CNC(=O)[C@H]2CCCN(c3nc4ccccc4[nH]3)C2)c(OC)c1. The first-order valence-electron chi connectivity index (χ1n) is 9.86. The highest BCUT2D eigenvalue weighted by Crippen LogP contribution is 2.26. The first-order chi connectivity index (χ1) is 14.2. The lowest BCUT2D eigenvalue weighted by atomic mass is 9.97. The fourth-order valence-corrected chi connectivity index (χ4v) is 3.80. The Morgan fingerprint density at radius 1 is 1.24 bits per heavy atom. The Morgan fingerprint density at radius 3 is 2.90 bits per heavy atom. The van der Waals surface area contributed by atoms with E-state index in [1.807, 2.05) is 42.5 Å². The van der Waals surface area contributed by atoms with Gasteiger partial charge in [-0.3, -0.25) is 4.79 Å². The molecule has 1 aliphatic heterocycles. The molecule has 29 heavy (non-hydrogen) atoms. The van der Waals surface area contributed by atoms with Crippen LogP contribution in [0.5, 0.6) is 11.5 Å². The Labute approximate surface area is 170 Å². The van der Waals surface area contributed by atoms with Gasteiger partial charge in [-0.1, -0.05) is 12.1 Å². The smallest absolute Gasteiger partial charge is 0.225 e. The van der Waals surface area contributed by atoms with Crippen molar-refractivity contribution >= 4 is 22.9 Å². The Balaban J connectivity index is 1.40. The van der Waals surface area contributed by atoms with Gasteiger partial charge in [-0.05, 0) is 37.1 Å². The van der Waals surface area contributed by atoms with Crippen LogP contribution in [-0.2, 0) is 11.3 Å². The molecule has 7 heteroatoms. The standard InChI is InChI=1S/C22H26N4O3/c1-28-17-10-9-15(20(12-17)29-2)13-23-21(27)16-6-5-11-26(14-16)22-24-18-7-3-4-8-19(18)25-22/h3-4,7-10,12,16H,5-6,11,13-14H2,1-2H3,(H,23,27)(H,24,25)/t16-/m0/s1. The highest BCUT2D eigenvalue weighted by atomic mass is 16.5. The molecule has 4 rings (SSSR count). The molecule has 3 aromatic rings. The van der Waals surface area contributed by atoms with Gasteiger partial charge in [-0.15, -0.1) is 0 Å². The molecule has 0 aliphatic carbocycles. The molecule has 1 atom stereocenters. The van der Waals surface area contributed by atoms with Crippen molar-refractivity contribution in [2.75, 3.05) is 32.2 Å². The van der Waals surface area contributed by atoms with Gasteiger partial charge in [0.2, 0.25) is 11.9 Å². The number of hydrogen-bond acceptors (Lipinski definition) is 5. The van der Waals surface area contributed by atoms with Gasteiger partial charge in [0.05, 0.1) is 31.2 Å². The van der Waals surface area contributed by atoms with Crippen LogP contribution in [-0.4, -0.2) is 43.2 Å². The predicted octanol–water partition coefficient (Wildman–Crippen LogP) is 3.11. The van der Waals surface area contributed by atoms with Crippen LogP contribution in [0, 0.1) is 5.92 Å². The minimum atomic E-state index is -0.0683. The molecule has 2 heterocycles. The van der Waals surface area contributed by atoms with E-state index < -0.39 is 0 Å². The number of aromatic amines is 1. The molecule has 0 bridgehead atoms. The summed E-state index contributed by atoms with van der Waals surface area (Å²) in [6.45, 7) is 1.98. The van der Waals surface area contributed by atoms with Gasteiger partial charge in [0.15, 0.2) is 0 Å². The monoisotopic (exact) mass is 394 g/mol. The van der Waals surface area contributed by atoms with E-state index in [9.17, 15) is 4.79 Å². The summed E-state index contributed by atoms with van der Waals surface area (Å²) < 4.78 is 10.6. The number of benzene rings is 2. The minimum absolute atomic E-state index is 0.0590. The molecule has 1 fully saturated rings. The second-order valence-corrected chi connectivity index (χ2v) is 7.26. The maximum absolute atomic E-state index is 12.8. The molecule has 7 nitrogen and oxygen atoms in total. The van der Waals surface area contributed by atoms with E-state index in [1.54, 1.807) is 14.2 Å². The van der Waals surface area contributed by atoms with Crippen molar-refractivity contribution in [3.63, 3.8) is 0 Å². The van der Waals surface area contributed by atoms with Crippen LogP contribution in [0.2, 0.25) is 0 Å². The Bertz CT molecular complexity index is 968. The van der Waals surface area contributed by atoms with Crippen LogP contribution in [0.15, 0.2) is 42.5 Å². The highest BCUT2D eigenvalue weighted by molar-refractivity contribution is 5.80. The lowest BCUT2D eigenvalue weighted by molar-refractivity contribution is -0.125. The zero-order chi connectivity index (χ0) is 20.2. The number of piperidine rings is 1. The van der Waals surface area contributed by atoms with E-state index in [4.69, 9.17) is 9.47 Å². The molecule has 2 aromatic carbocycles. The summed E-state index contributed by atoms with van der Waals surface area (Å²) in [6.07, 6.45) is 1.84. The summed E-state index contributed by atoms with van der Waals surface area (Å²) in [5.74, 6) is 2.26. The molecule has 1 aromatic heterocycles. The molecule has 152 valence electrons. The molecule has 1 saturated heterocycles. The minimum Gasteiger partial charge on any atom is -0.497 e. The number of H-pyrrole nitrogens is 1. The van der Waals surface area contributed by atoms with Crippen molar-refractivity contribution < 1.29 is 14.3 Å². The molecule has 0 spiro atoms. The lowest BCUT2D eigenvalue weighted by Gasteiger charge is -2.31. The molecule has 0 unspecified atom stereocenters. The number of aromatic nitrogens is 2. The van der Waals surface area contributed by atoms with Crippen molar-refractivity contribution in [3.05, 3.63) is 48.0 Å². The van der Waals surface area contributed by atoms with Gasteiger partial charge in [0.25, 0.3) is 0 Å². The summed E-state index contributed by atoms with van der Waals surface area (Å²) in [4.78, 5) is 23.0. The molecule has 0 radical (unpaired) electrons. The van der Waals surface area contributed by atoms with E-state index in [-0.39, 0.29) is 11.8 Å². The maximum Gasteiger partial charge on any atom is 0.225 e. The molecular weight excluding hydrogens is 368 g/mol. The van der Waals surface area contributed by atoms with Crippen molar-refractivity contribution in [1.82, 2.24) is 15.3 Å². The number of fused-ring (bicyclic) bond motifs is 1. The van der Waals surface area contributed by atoms with Crippen molar-refractivity contribution in [2.24, 2.45) is 5.92 Å². The second-order valence-electron chi connectivity index (χ2n) is 7.26. The topological polar surface area (TPSA) is 79.5 Å². The van der Waals surface area contributed by atoms with E-state index in [0.29, 0.717) is 18.8 Å². The number of imidazole rings is 1. The Kier molecular flexibility index (Phi) is 5.55. The molecule has 2 N–H and O–H groups in total. The van der Waals surface area contributed by atoms with Crippen molar-refractivity contribution in [1.29, 1.82) is 0 Å². The summed E-state index contributed by atoms with van der Waals surface area (Å²) in [5.41, 5.74) is 2.88. The number of carbonyl (C=O) groups is 1. The van der Waals surface area contributed by atoms with Gasteiger partial charge in [0.1, 0.15) is 11.5 Å². The van der Waals surface area contributed by atoms with Gasteiger partial charge in [0, 0.05) is 31.3 Å². The van der Waals surface area contributed by atoms with Crippen molar-refractivity contribution in [3.8, 4) is 11.5 Å². The molecule has 1 aliphatic rings. The fourth-order valence-electron chi connectivity index (χ4n) is 3.80. The average molecular weight is 394 g/mol. The number of methoxy groups -OCH3 is 2. The van der Waals surface area contributed by atoms with Crippen LogP contribution >= 0.6 is 0 Å².